The first-order valence-electron chi connectivity index (χ1n) is 9.68. The van der Waals surface area contributed by atoms with Crippen molar-refractivity contribution in [2.75, 3.05) is 40.4 Å². The topological polar surface area (TPSA) is 43.2 Å². The molecule has 2 aromatic carbocycles. The van der Waals surface area contributed by atoms with Gasteiger partial charge in [-0.1, -0.05) is 30.3 Å². The van der Waals surface area contributed by atoms with E-state index in [1.807, 2.05) is 29.2 Å². The minimum absolute atomic E-state index is 0.0599. The molecule has 0 saturated carbocycles. The van der Waals surface area contributed by atoms with Crippen molar-refractivity contribution in [3.8, 4) is 11.5 Å². The number of aryl methyl sites for hydroxylation is 1. The molecule has 0 aliphatic carbocycles. The molecule has 1 fully saturated rings. The van der Waals surface area contributed by atoms with Gasteiger partial charge in [0.1, 0.15) is 6.54 Å². The summed E-state index contributed by atoms with van der Waals surface area (Å²) in [6, 6.07) is 14.2. The number of hydrogen-bond acceptors (Lipinski definition) is 3. The van der Waals surface area contributed by atoms with E-state index >= 15 is 0 Å². The van der Waals surface area contributed by atoms with Gasteiger partial charge in [-0.2, -0.15) is 0 Å². The predicted molar refractivity (Wildman–Crippen MR) is 111 cm³/mol. The van der Waals surface area contributed by atoms with Crippen LogP contribution in [-0.4, -0.2) is 51.2 Å². The molecular weight excluding hydrogens is 352 g/mol. The van der Waals surface area contributed by atoms with Crippen molar-refractivity contribution >= 4 is 12.0 Å². The minimum Gasteiger partial charge on any atom is -0.493 e. The first-order chi connectivity index (χ1) is 13.6. The Bertz CT molecular complexity index is 839. The van der Waals surface area contributed by atoms with Crippen molar-refractivity contribution in [2.24, 2.45) is 0 Å². The van der Waals surface area contributed by atoms with Gasteiger partial charge in [-0.25, -0.2) is 0 Å². The van der Waals surface area contributed by atoms with E-state index in [-0.39, 0.29) is 5.91 Å². The lowest BCUT2D eigenvalue weighted by atomic mass is 10.1. The fourth-order valence-electron chi connectivity index (χ4n) is 3.53. The molecule has 28 heavy (non-hydrogen) atoms. The van der Waals surface area contributed by atoms with E-state index in [1.54, 1.807) is 20.3 Å². The van der Waals surface area contributed by atoms with Crippen LogP contribution >= 0.6 is 0 Å². The van der Waals surface area contributed by atoms with Crippen LogP contribution in [0.25, 0.3) is 6.08 Å². The number of carbonyl (C=O) groups excluding carboxylic acids is 1. The van der Waals surface area contributed by atoms with E-state index in [2.05, 4.69) is 31.2 Å². The largest absolute Gasteiger partial charge is 0.493 e. The van der Waals surface area contributed by atoms with Crippen molar-refractivity contribution in [2.45, 2.75) is 13.5 Å². The molecule has 1 amide bonds. The molecule has 5 heteroatoms. The lowest BCUT2D eigenvalue weighted by molar-refractivity contribution is -0.917. The minimum atomic E-state index is 0.0599. The van der Waals surface area contributed by atoms with Crippen LogP contribution < -0.4 is 14.4 Å². The molecule has 0 aromatic heterocycles. The van der Waals surface area contributed by atoms with E-state index in [4.69, 9.17) is 9.47 Å². The van der Waals surface area contributed by atoms with Crippen LogP contribution in [0.4, 0.5) is 0 Å². The van der Waals surface area contributed by atoms with Gasteiger partial charge in [0, 0.05) is 11.6 Å². The summed E-state index contributed by atoms with van der Waals surface area (Å²) in [6.45, 7) is 6.71. The number of benzene rings is 2. The highest BCUT2D eigenvalue weighted by Gasteiger charge is 2.22. The van der Waals surface area contributed by atoms with Crippen molar-refractivity contribution in [3.05, 3.63) is 65.2 Å². The van der Waals surface area contributed by atoms with Crippen LogP contribution in [0.15, 0.2) is 48.5 Å². The maximum absolute atomic E-state index is 12.5. The second kappa shape index (κ2) is 9.42. The van der Waals surface area contributed by atoms with Gasteiger partial charge in [-0.05, 0) is 36.3 Å². The SMILES string of the molecule is COc1ccc(/C=C/C(=O)N2CC[NH+](Cc3ccccc3C)CC2)cc1OC. The zero-order valence-corrected chi connectivity index (χ0v) is 16.9. The van der Waals surface area contributed by atoms with Gasteiger partial charge in [-0.15, -0.1) is 0 Å². The second-order valence-electron chi connectivity index (χ2n) is 7.13. The highest BCUT2D eigenvalue weighted by atomic mass is 16.5. The first-order valence-corrected chi connectivity index (χ1v) is 9.68. The molecule has 0 atom stereocenters. The highest BCUT2D eigenvalue weighted by molar-refractivity contribution is 5.91. The van der Waals surface area contributed by atoms with Crippen molar-refractivity contribution < 1.29 is 19.2 Å². The summed E-state index contributed by atoms with van der Waals surface area (Å²) >= 11 is 0. The number of methoxy groups -OCH3 is 2. The van der Waals surface area contributed by atoms with Gasteiger partial charge in [0.2, 0.25) is 5.91 Å². The van der Waals surface area contributed by atoms with E-state index in [1.165, 1.54) is 16.0 Å². The monoisotopic (exact) mass is 381 g/mol. The predicted octanol–water partition coefficient (Wildman–Crippen LogP) is 1.95. The lowest BCUT2D eigenvalue weighted by Crippen LogP contribution is -3.13. The molecule has 1 N–H and O–H groups in total. The summed E-state index contributed by atoms with van der Waals surface area (Å²) in [7, 11) is 3.22. The Morgan fingerprint density at radius 3 is 2.46 bits per heavy atom. The van der Waals surface area contributed by atoms with Gasteiger partial charge >= 0.3 is 0 Å². The number of nitrogens with zero attached hydrogens (tertiary/aromatic N) is 1. The molecule has 0 unspecified atom stereocenters. The number of hydrogen-bond donors (Lipinski definition) is 1. The van der Waals surface area contributed by atoms with E-state index < -0.39 is 0 Å². The Morgan fingerprint density at radius 1 is 1.07 bits per heavy atom. The molecule has 1 aliphatic rings. The molecule has 0 bridgehead atoms. The van der Waals surface area contributed by atoms with Crippen molar-refractivity contribution in [1.29, 1.82) is 0 Å². The van der Waals surface area contributed by atoms with Crippen LogP contribution in [0, 0.1) is 6.92 Å². The number of carbonyl (C=O) groups is 1. The van der Waals surface area contributed by atoms with Crippen LogP contribution in [0.1, 0.15) is 16.7 Å². The summed E-state index contributed by atoms with van der Waals surface area (Å²) in [6.07, 6.45) is 3.48. The summed E-state index contributed by atoms with van der Waals surface area (Å²) in [5.41, 5.74) is 3.65. The van der Waals surface area contributed by atoms with Gasteiger partial charge in [0.15, 0.2) is 11.5 Å². The molecule has 3 rings (SSSR count). The Morgan fingerprint density at radius 2 is 1.79 bits per heavy atom. The lowest BCUT2D eigenvalue weighted by Gasteiger charge is -2.32. The number of quaternary nitrogens is 1. The van der Waals surface area contributed by atoms with Gasteiger partial charge in [0.05, 0.1) is 40.4 Å². The maximum Gasteiger partial charge on any atom is 0.246 e. The third-order valence-electron chi connectivity index (χ3n) is 5.31. The molecule has 1 heterocycles. The highest BCUT2D eigenvalue weighted by Crippen LogP contribution is 2.27. The summed E-state index contributed by atoms with van der Waals surface area (Å²) in [5.74, 6) is 1.40. The van der Waals surface area contributed by atoms with Gasteiger partial charge in [-0.3, -0.25) is 4.79 Å². The zero-order chi connectivity index (χ0) is 19.9. The van der Waals surface area contributed by atoms with Crippen LogP contribution in [0.2, 0.25) is 0 Å². The third-order valence-corrected chi connectivity index (χ3v) is 5.31. The average Bonchev–Trinajstić information content (AvgIpc) is 2.74. The van der Waals surface area contributed by atoms with Crippen LogP contribution in [0.3, 0.4) is 0 Å². The number of piperazine rings is 1. The summed E-state index contributed by atoms with van der Waals surface area (Å²) < 4.78 is 10.6. The Kier molecular flexibility index (Phi) is 6.71. The quantitative estimate of drug-likeness (QED) is 0.778. The normalized spacial score (nSPS) is 15.0. The Balaban J connectivity index is 1.54. The summed E-state index contributed by atoms with van der Waals surface area (Å²) in [4.78, 5) is 16.0. The smallest absolute Gasteiger partial charge is 0.246 e. The molecule has 2 aromatic rings. The van der Waals surface area contributed by atoms with Gasteiger partial charge in [0.25, 0.3) is 0 Å². The van der Waals surface area contributed by atoms with E-state index in [9.17, 15) is 4.79 Å². The van der Waals surface area contributed by atoms with Crippen molar-refractivity contribution in [3.63, 3.8) is 0 Å². The number of rotatable bonds is 6. The zero-order valence-electron chi connectivity index (χ0n) is 16.9. The first kappa shape index (κ1) is 20.0. The fraction of sp³-hybridized carbons (Fsp3) is 0.348. The fourth-order valence-corrected chi connectivity index (χ4v) is 3.53. The molecule has 1 saturated heterocycles. The molecule has 1 aliphatic heterocycles. The molecule has 0 spiro atoms. The number of amides is 1. The van der Waals surface area contributed by atoms with Crippen LogP contribution in [0.5, 0.6) is 11.5 Å². The summed E-state index contributed by atoms with van der Waals surface area (Å²) in [5, 5.41) is 0. The molecular formula is C23H29N2O3+. The Hall–Kier alpha value is -2.79. The molecule has 148 valence electrons. The van der Waals surface area contributed by atoms with Gasteiger partial charge < -0.3 is 19.3 Å². The molecule has 5 nitrogen and oxygen atoms in total. The number of ether oxygens (including phenoxy) is 2. The third kappa shape index (κ3) is 4.93. The number of nitrogens with one attached hydrogen (secondary N) is 1. The van der Waals surface area contributed by atoms with Crippen molar-refractivity contribution in [1.82, 2.24) is 4.90 Å². The molecule has 0 radical (unpaired) electrons. The average molecular weight is 381 g/mol. The standard InChI is InChI=1S/C23H28N2O3/c1-18-6-4-5-7-20(18)17-24-12-14-25(15-13-24)23(26)11-9-19-8-10-21(27-2)22(16-19)28-3/h4-11,16H,12-15,17H2,1-3H3/p+1/b11-9+. The maximum atomic E-state index is 12.5. The van der Waals surface area contributed by atoms with E-state index in [0.29, 0.717) is 11.5 Å². The Labute approximate surface area is 167 Å². The van der Waals surface area contributed by atoms with Crippen LogP contribution in [-0.2, 0) is 11.3 Å². The second-order valence-corrected chi connectivity index (χ2v) is 7.13. The van der Waals surface area contributed by atoms with E-state index in [0.717, 1.165) is 38.3 Å².